The Kier molecular flexibility index (Phi) is 5.69. The fourth-order valence-electron chi connectivity index (χ4n) is 2.40. The molecule has 1 aromatic heterocycles. The molecular weight excluding hydrogens is 340 g/mol. The monoisotopic (exact) mass is 358 g/mol. The minimum Gasteiger partial charge on any atom is -0.322 e. The third-order valence-electron chi connectivity index (χ3n) is 3.85. The molecule has 2 N–H and O–H groups in total. The van der Waals surface area contributed by atoms with Crippen molar-refractivity contribution in [2.75, 3.05) is 5.32 Å². The van der Waals surface area contributed by atoms with Crippen LogP contribution >= 0.6 is 0 Å². The van der Waals surface area contributed by atoms with Crippen LogP contribution in [-0.2, 0) is 0 Å². The highest BCUT2D eigenvalue weighted by Crippen LogP contribution is 2.13. The highest BCUT2D eigenvalue weighted by Gasteiger charge is 2.09. The van der Waals surface area contributed by atoms with Crippen LogP contribution in [-0.4, -0.2) is 23.0 Å². The van der Waals surface area contributed by atoms with E-state index in [9.17, 15) is 9.59 Å². The molecule has 0 saturated heterocycles. The van der Waals surface area contributed by atoms with Gasteiger partial charge in [-0.25, -0.2) is 5.43 Å². The van der Waals surface area contributed by atoms with Gasteiger partial charge in [0, 0.05) is 23.0 Å². The van der Waals surface area contributed by atoms with Crippen molar-refractivity contribution in [1.82, 2.24) is 10.4 Å². The number of hydrogen-bond acceptors (Lipinski definition) is 4. The molecular formula is C21H18N4O2. The Morgan fingerprint density at radius 1 is 0.926 bits per heavy atom. The first-order valence-electron chi connectivity index (χ1n) is 8.35. The number of aromatic nitrogens is 1. The van der Waals surface area contributed by atoms with Crippen LogP contribution in [0, 0.1) is 6.92 Å². The lowest BCUT2D eigenvalue weighted by molar-refractivity contribution is 0.0954. The molecule has 2 aromatic carbocycles. The number of rotatable bonds is 5. The van der Waals surface area contributed by atoms with Crippen LogP contribution in [0.2, 0.25) is 0 Å². The lowest BCUT2D eigenvalue weighted by atomic mass is 10.1. The molecule has 0 atom stereocenters. The molecule has 0 radical (unpaired) electrons. The van der Waals surface area contributed by atoms with E-state index in [1.165, 1.54) is 6.21 Å². The maximum absolute atomic E-state index is 12.3. The largest absolute Gasteiger partial charge is 0.322 e. The first kappa shape index (κ1) is 18.0. The number of hydrogen-bond donors (Lipinski definition) is 2. The second-order valence-corrected chi connectivity index (χ2v) is 5.80. The molecule has 0 aliphatic carbocycles. The van der Waals surface area contributed by atoms with Crippen molar-refractivity contribution in [3.05, 3.63) is 95.3 Å². The molecule has 6 nitrogen and oxygen atoms in total. The second-order valence-electron chi connectivity index (χ2n) is 5.80. The zero-order chi connectivity index (χ0) is 19.1. The fraction of sp³-hybridized carbons (Fsp3) is 0.0476. The summed E-state index contributed by atoms with van der Waals surface area (Å²) in [6.45, 7) is 1.88. The number of amides is 2. The predicted molar refractivity (Wildman–Crippen MR) is 105 cm³/mol. The van der Waals surface area contributed by atoms with E-state index in [-0.39, 0.29) is 11.8 Å². The van der Waals surface area contributed by atoms with Gasteiger partial charge in [-0.15, -0.1) is 0 Å². The highest BCUT2D eigenvalue weighted by atomic mass is 16.2. The van der Waals surface area contributed by atoms with E-state index in [0.29, 0.717) is 22.5 Å². The third kappa shape index (κ3) is 4.85. The number of nitrogens with zero attached hydrogens (tertiary/aromatic N) is 2. The minimum absolute atomic E-state index is 0.190. The number of carbonyl (C=O) groups excluding carboxylic acids is 2. The number of hydrazone groups is 1. The van der Waals surface area contributed by atoms with Gasteiger partial charge < -0.3 is 5.32 Å². The average Bonchev–Trinajstić information content (AvgIpc) is 2.69. The van der Waals surface area contributed by atoms with Gasteiger partial charge in [0.05, 0.1) is 11.9 Å². The van der Waals surface area contributed by atoms with Crippen LogP contribution in [0.25, 0.3) is 0 Å². The Morgan fingerprint density at radius 3 is 2.37 bits per heavy atom. The summed E-state index contributed by atoms with van der Waals surface area (Å²) in [5.74, 6) is -0.538. The Bertz CT molecular complexity index is 967. The smallest absolute Gasteiger partial charge is 0.271 e. The van der Waals surface area contributed by atoms with Crippen LogP contribution in [0.5, 0.6) is 0 Å². The van der Waals surface area contributed by atoms with Crippen LogP contribution in [0.15, 0.2) is 78.0 Å². The fourth-order valence-corrected chi connectivity index (χ4v) is 2.40. The van der Waals surface area contributed by atoms with Crippen LogP contribution in [0.3, 0.4) is 0 Å². The number of benzene rings is 2. The van der Waals surface area contributed by atoms with E-state index in [1.54, 1.807) is 48.7 Å². The van der Waals surface area contributed by atoms with E-state index in [1.807, 2.05) is 31.2 Å². The normalized spacial score (nSPS) is 10.6. The molecule has 0 unspecified atom stereocenters. The van der Waals surface area contributed by atoms with Gasteiger partial charge in [-0.1, -0.05) is 24.3 Å². The highest BCUT2D eigenvalue weighted by molar-refractivity contribution is 6.05. The Morgan fingerprint density at radius 2 is 1.67 bits per heavy atom. The molecule has 3 rings (SSSR count). The maximum Gasteiger partial charge on any atom is 0.271 e. The van der Waals surface area contributed by atoms with Gasteiger partial charge in [0.15, 0.2) is 0 Å². The number of aryl methyl sites for hydroxylation is 1. The van der Waals surface area contributed by atoms with Crippen molar-refractivity contribution < 1.29 is 9.59 Å². The molecule has 2 amide bonds. The number of pyridine rings is 1. The van der Waals surface area contributed by atoms with Gasteiger partial charge in [0.1, 0.15) is 0 Å². The molecule has 0 saturated carbocycles. The van der Waals surface area contributed by atoms with Gasteiger partial charge in [-0.3, -0.25) is 14.6 Å². The van der Waals surface area contributed by atoms with Crippen LogP contribution < -0.4 is 10.7 Å². The average molecular weight is 358 g/mol. The SMILES string of the molecule is Cc1ccccc1C(=O)Nc1ccc(C(=O)N/N=C\c2ccccn2)cc1. The van der Waals surface area contributed by atoms with Crippen molar-refractivity contribution in [3.8, 4) is 0 Å². The summed E-state index contributed by atoms with van der Waals surface area (Å²) >= 11 is 0. The predicted octanol–water partition coefficient (Wildman–Crippen LogP) is 3.41. The molecule has 134 valence electrons. The van der Waals surface area contributed by atoms with Gasteiger partial charge in [0.2, 0.25) is 0 Å². The third-order valence-corrected chi connectivity index (χ3v) is 3.85. The first-order chi connectivity index (χ1) is 13.1. The van der Waals surface area contributed by atoms with Gasteiger partial charge in [-0.2, -0.15) is 5.10 Å². The lowest BCUT2D eigenvalue weighted by Crippen LogP contribution is -2.18. The summed E-state index contributed by atoms with van der Waals surface area (Å²) in [6, 6.07) is 19.4. The van der Waals surface area contributed by atoms with Crippen molar-refractivity contribution in [2.45, 2.75) is 6.92 Å². The molecule has 6 heteroatoms. The summed E-state index contributed by atoms with van der Waals surface area (Å²) in [7, 11) is 0. The summed E-state index contributed by atoms with van der Waals surface area (Å²) in [6.07, 6.45) is 3.11. The van der Waals surface area contributed by atoms with Crippen molar-refractivity contribution in [1.29, 1.82) is 0 Å². The molecule has 0 bridgehead atoms. The number of anilines is 1. The molecule has 0 aliphatic rings. The van der Waals surface area contributed by atoms with Crippen LogP contribution in [0.4, 0.5) is 5.69 Å². The van der Waals surface area contributed by atoms with E-state index in [2.05, 4.69) is 20.8 Å². The molecule has 3 aromatic rings. The van der Waals surface area contributed by atoms with Gasteiger partial charge in [0.25, 0.3) is 11.8 Å². The summed E-state index contributed by atoms with van der Waals surface area (Å²) in [5.41, 5.74) is 5.64. The van der Waals surface area contributed by atoms with Crippen molar-refractivity contribution in [2.24, 2.45) is 5.10 Å². The van der Waals surface area contributed by atoms with E-state index in [0.717, 1.165) is 5.56 Å². The lowest BCUT2D eigenvalue weighted by Gasteiger charge is -2.08. The summed E-state index contributed by atoms with van der Waals surface area (Å²) in [5, 5.41) is 6.70. The summed E-state index contributed by atoms with van der Waals surface area (Å²) < 4.78 is 0. The Labute approximate surface area is 157 Å². The van der Waals surface area contributed by atoms with Gasteiger partial charge >= 0.3 is 0 Å². The molecule has 0 spiro atoms. The quantitative estimate of drug-likeness (QED) is 0.541. The standard InChI is InChI=1S/C21H18N4O2/c1-15-6-2-3-8-19(15)21(27)24-17-11-9-16(10-12-17)20(26)25-23-14-18-7-4-5-13-22-18/h2-14H,1H3,(H,24,27)(H,25,26)/b23-14-. The first-order valence-corrected chi connectivity index (χ1v) is 8.35. The molecule has 0 aliphatic heterocycles. The summed E-state index contributed by atoms with van der Waals surface area (Å²) in [4.78, 5) is 28.5. The minimum atomic E-state index is -0.348. The zero-order valence-electron chi connectivity index (χ0n) is 14.7. The number of nitrogens with one attached hydrogen (secondary N) is 2. The number of carbonyl (C=O) groups is 2. The topological polar surface area (TPSA) is 83.5 Å². The van der Waals surface area contributed by atoms with E-state index in [4.69, 9.17) is 0 Å². The molecule has 1 heterocycles. The Balaban J connectivity index is 1.59. The second kappa shape index (κ2) is 8.53. The van der Waals surface area contributed by atoms with Crippen LogP contribution in [0.1, 0.15) is 32.0 Å². The molecule has 0 fully saturated rings. The van der Waals surface area contributed by atoms with Crippen molar-refractivity contribution in [3.63, 3.8) is 0 Å². The van der Waals surface area contributed by atoms with E-state index < -0.39 is 0 Å². The van der Waals surface area contributed by atoms with E-state index >= 15 is 0 Å². The maximum atomic E-state index is 12.3. The van der Waals surface area contributed by atoms with Gasteiger partial charge in [-0.05, 0) is 55.0 Å². The molecule has 27 heavy (non-hydrogen) atoms. The zero-order valence-corrected chi connectivity index (χ0v) is 14.7. The van der Waals surface area contributed by atoms with Crippen molar-refractivity contribution >= 4 is 23.7 Å². The Hall–Kier alpha value is -3.80.